The van der Waals surface area contributed by atoms with Crippen LogP contribution in [-0.2, 0) is 0 Å². The summed E-state index contributed by atoms with van der Waals surface area (Å²) in [4.78, 5) is 9.85. The molecule has 138 valence electrons. The summed E-state index contributed by atoms with van der Waals surface area (Å²) < 4.78 is 0. The predicted molar refractivity (Wildman–Crippen MR) is 121 cm³/mol. The number of nitrogens with zero attached hydrogens (tertiary/aromatic N) is 2. The van der Waals surface area contributed by atoms with Crippen LogP contribution in [-0.4, -0.2) is 9.97 Å². The molecule has 0 bridgehead atoms. The standard InChI is InChI=1S/C26H17ClN2/c27-21-15-14-18-12-7-13-22(23(18)16-21)26-28-24(19-8-3-1-4-9-19)17-25(29-26)20-10-5-2-6-11-20/h1-17H. The monoisotopic (exact) mass is 392 g/mol. The van der Waals surface area contributed by atoms with E-state index in [4.69, 9.17) is 21.6 Å². The van der Waals surface area contributed by atoms with E-state index in [0.717, 1.165) is 38.9 Å². The lowest BCUT2D eigenvalue weighted by atomic mass is 10.0. The van der Waals surface area contributed by atoms with Crippen molar-refractivity contribution in [3.8, 4) is 33.9 Å². The average Bonchev–Trinajstić information content (AvgIpc) is 2.79. The van der Waals surface area contributed by atoms with Gasteiger partial charge in [0, 0.05) is 21.7 Å². The van der Waals surface area contributed by atoms with Crippen molar-refractivity contribution in [3.05, 3.63) is 108 Å². The quantitative estimate of drug-likeness (QED) is 0.322. The van der Waals surface area contributed by atoms with E-state index in [1.165, 1.54) is 0 Å². The van der Waals surface area contributed by atoms with Crippen molar-refractivity contribution in [1.82, 2.24) is 9.97 Å². The van der Waals surface area contributed by atoms with Crippen LogP contribution in [0.15, 0.2) is 103 Å². The minimum atomic E-state index is 0.693. The van der Waals surface area contributed by atoms with Gasteiger partial charge in [-0.15, -0.1) is 0 Å². The topological polar surface area (TPSA) is 25.8 Å². The first-order valence-electron chi connectivity index (χ1n) is 9.46. The molecule has 0 saturated carbocycles. The molecule has 5 aromatic rings. The third kappa shape index (κ3) is 3.51. The van der Waals surface area contributed by atoms with E-state index >= 15 is 0 Å². The molecule has 1 aromatic heterocycles. The summed E-state index contributed by atoms with van der Waals surface area (Å²) in [5.74, 6) is 0.693. The Morgan fingerprint density at radius 1 is 0.552 bits per heavy atom. The van der Waals surface area contributed by atoms with Gasteiger partial charge in [0.05, 0.1) is 11.4 Å². The Balaban J connectivity index is 1.78. The molecule has 0 atom stereocenters. The summed E-state index contributed by atoms with van der Waals surface area (Å²) in [6, 6.07) is 34.5. The van der Waals surface area contributed by atoms with E-state index in [2.05, 4.69) is 36.4 Å². The van der Waals surface area contributed by atoms with Gasteiger partial charge in [-0.3, -0.25) is 0 Å². The molecule has 0 aliphatic rings. The first kappa shape index (κ1) is 17.6. The van der Waals surface area contributed by atoms with Crippen LogP contribution >= 0.6 is 11.6 Å². The fourth-order valence-electron chi connectivity index (χ4n) is 3.52. The highest BCUT2D eigenvalue weighted by Gasteiger charge is 2.12. The van der Waals surface area contributed by atoms with E-state index in [-0.39, 0.29) is 0 Å². The summed E-state index contributed by atoms with van der Waals surface area (Å²) in [5, 5.41) is 2.86. The van der Waals surface area contributed by atoms with Crippen molar-refractivity contribution in [3.63, 3.8) is 0 Å². The van der Waals surface area contributed by atoms with Crippen molar-refractivity contribution < 1.29 is 0 Å². The van der Waals surface area contributed by atoms with Crippen LogP contribution in [0.2, 0.25) is 5.02 Å². The molecule has 5 rings (SSSR count). The van der Waals surface area contributed by atoms with Gasteiger partial charge in [-0.05, 0) is 29.0 Å². The maximum atomic E-state index is 6.29. The number of hydrogen-bond acceptors (Lipinski definition) is 2. The minimum Gasteiger partial charge on any atom is -0.228 e. The van der Waals surface area contributed by atoms with Crippen LogP contribution in [0.5, 0.6) is 0 Å². The Hall–Kier alpha value is -3.49. The Bertz CT molecular complexity index is 1240. The lowest BCUT2D eigenvalue weighted by Crippen LogP contribution is -1.96. The number of halogens is 1. The molecule has 29 heavy (non-hydrogen) atoms. The van der Waals surface area contributed by atoms with Crippen LogP contribution < -0.4 is 0 Å². The van der Waals surface area contributed by atoms with Crippen LogP contribution in [0.1, 0.15) is 0 Å². The minimum absolute atomic E-state index is 0.693. The van der Waals surface area contributed by atoms with Crippen LogP contribution in [0.25, 0.3) is 44.7 Å². The summed E-state index contributed by atoms with van der Waals surface area (Å²) in [7, 11) is 0. The molecule has 0 radical (unpaired) electrons. The number of aromatic nitrogens is 2. The van der Waals surface area contributed by atoms with Crippen molar-refractivity contribution in [2.75, 3.05) is 0 Å². The molecule has 0 fully saturated rings. The molecule has 1 heterocycles. The summed E-state index contributed by atoms with van der Waals surface area (Å²) >= 11 is 6.29. The van der Waals surface area contributed by atoms with Crippen molar-refractivity contribution in [2.45, 2.75) is 0 Å². The van der Waals surface area contributed by atoms with Gasteiger partial charge < -0.3 is 0 Å². The van der Waals surface area contributed by atoms with Crippen molar-refractivity contribution >= 4 is 22.4 Å². The Morgan fingerprint density at radius 2 is 1.17 bits per heavy atom. The fraction of sp³-hybridized carbons (Fsp3) is 0. The molecule has 4 aromatic carbocycles. The van der Waals surface area contributed by atoms with E-state index in [1.54, 1.807) is 0 Å². The van der Waals surface area contributed by atoms with Gasteiger partial charge in [0.1, 0.15) is 0 Å². The van der Waals surface area contributed by atoms with Gasteiger partial charge >= 0.3 is 0 Å². The van der Waals surface area contributed by atoms with Crippen LogP contribution in [0, 0.1) is 0 Å². The Labute approximate surface area is 174 Å². The number of hydrogen-bond donors (Lipinski definition) is 0. The molecule has 0 unspecified atom stereocenters. The molecule has 0 spiro atoms. The fourth-order valence-corrected chi connectivity index (χ4v) is 3.69. The zero-order chi connectivity index (χ0) is 19.6. The number of fused-ring (bicyclic) bond motifs is 1. The van der Waals surface area contributed by atoms with E-state index in [0.29, 0.717) is 10.8 Å². The highest BCUT2D eigenvalue weighted by atomic mass is 35.5. The zero-order valence-electron chi connectivity index (χ0n) is 15.6. The lowest BCUT2D eigenvalue weighted by molar-refractivity contribution is 1.19. The Morgan fingerprint density at radius 3 is 1.79 bits per heavy atom. The van der Waals surface area contributed by atoms with Gasteiger partial charge in [-0.25, -0.2) is 9.97 Å². The van der Waals surface area contributed by atoms with E-state index < -0.39 is 0 Å². The zero-order valence-corrected chi connectivity index (χ0v) is 16.3. The second-order valence-corrected chi connectivity index (χ2v) is 7.30. The molecule has 3 heteroatoms. The second kappa shape index (κ2) is 7.50. The van der Waals surface area contributed by atoms with Gasteiger partial charge in [-0.2, -0.15) is 0 Å². The molecule has 0 saturated heterocycles. The molecular formula is C26H17ClN2. The third-order valence-corrected chi connectivity index (χ3v) is 5.19. The predicted octanol–water partition coefficient (Wildman–Crippen LogP) is 7.28. The molecule has 0 aliphatic carbocycles. The molecule has 0 N–H and O–H groups in total. The lowest BCUT2D eigenvalue weighted by Gasteiger charge is -2.11. The SMILES string of the molecule is Clc1ccc2cccc(-c3nc(-c4ccccc4)cc(-c4ccccc4)n3)c2c1. The first-order chi connectivity index (χ1) is 14.3. The highest BCUT2D eigenvalue weighted by Crippen LogP contribution is 2.32. The van der Waals surface area contributed by atoms with Crippen molar-refractivity contribution in [1.29, 1.82) is 0 Å². The molecule has 0 amide bonds. The summed E-state index contributed by atoms with van der Waals surface area (Å²) in [5.41, 5.74) is 4.89. The maximum Gasteiger partial charge on any atom is 0.161 e. The largest absolute Gasteiger partial charge is 0.228 e. The van der Waals surface area contributed by atoms with Gasteiger partial charge in [0.25, 0.3) is 0 Å². The van der Waals surface area contributed by atoms with Gasteiger partial charge in [-0.1, -0.05) is 96.5 Å². The molecule has 2 nitrogen and oxygen atoms in total. The van der Waals surface area contributed by atoms with Crippen LogP contribution in [0.3, 0.4) is 0 Å². The van der Waals surface area contributed by atoms with E-state index in [1.807, 2.05) is 66.7 Å². The Kier molecular flexibility index (Phi) is 4.55. The van der Waals surface area contributed by atoms with E-state index in [9.17, 15) is 0 Å². The molecule has 0 aliphatic heterocycles. The highest BCUT2D eigenvalue weighted by molar-refractivity contribution is 6.31. The third-order valence-electron chi connectivity index (χ3n) is 4.95. The van der Waals surface area contributed by atoms with Gasteiger partial charge in [0.2, 0.25) is 0 Å². The number of benzene rings is 4. The van der Waals surface area contributed by atoms with Crippen LogP contribution in [0.4, 0.5) is 0 Å². The first-order valence-corrected chi connectivity index (χ1v) is 9.84. The smallest absolute Gasteiger partial charge is 0.161 e. The second-order valence-electron chi connectivity index (χ2n) is 6.87. The number of rotatable bonds is 3. The van der Waals surface area contributed by atoms with Crippen molar-refractivity contribution in [2.24, 2.45) is 0 Å². The normalized spacial score (nSPS) is 10.9. The average molecular weight is 393 g/mol. The molecular weight excluding hydrogens is 376 g/mol. The summed E-state index contributed by atoms with van der Waals surface area (Å²) in [6.45, 7) is 0. The maximum absolute atomic E-state index is 6.29. The summed E-state index contributed by atoms with van der Waals surface area (Å²) in [6.07, 6.45) is 0. The van der Waals surface area contributed by atoms with Gasteiger partial charge in [0.15, 0.2) is 5.82 Å².